The van der Waals surface area contributed by atoms with Crippen molar-refractivity contribution in [2.75, 3.05) is 11.5 Å². The Morgan fingerprint density at radius 1 is 1.34 bits per heavy atom. The molecule has 0 aromatic carbocycles. The number of hydrogen-bond acceptors (Lipinski definition) is 6. The standard InChI is InChI=1S/C17H18ClF3N4O3S/c1-8(2)6-25-13(22)12(15(27)24(3)16(25)28)11(26)7-29-14-10(18)4-9(5-23-14)17(19,20)21/h4-5,8H,6-7,22H2,1-3H3. The van der Waals surface area contributed by atoms with E-state index in [0.717, 1.165) is 20.9 Å². The minimum absolute atomic E-state index is 0.00101. The lowest BCUT2D eigenvalue weighted by Crippen LogP contribution is -2.43. The number of thioether (sulfide) groups is 1. The molecule has 0 saturated carbocycles. The van der Waals surface area contributed by atoms with Crippen LogP contribution in [0.2, 0.25) is 5.02 Å². The van der Waals surface area contributed by atoms with Crippen molar-refractivity contribution in [2.45, 2.75) is 31.6 Å². The highest BCUT2D eigenvalue weighted by Gasteiger charge is 2.31. The first-order chi connectivity index (χ1) is 13.3. The van der Waals surface area contributed by atoms with Crippen molar-refractivity contribution in [1.29, 1.82) is 0 Å². The smallest absolute Gasteiger partial charge is 0.384 e. The van der Waals surface area contributed by atoms with E-state index in [0.29, 0.717) is 12.3 Å². The van der Waals surface area contributed by atoms with Crippen molar-refractivity contribution < 1.29 is 18.0 Å². The molecule has 158 valence electrons. The summed E-state index contributed by atoms with van der Waals surface area (Å²) in [6, 6.07) is 0.706. The van der Waals surface area contributed by atoms with E-state index in [2.05, 4.69) is 4.98 Å². The molecule has 0 bridgehead atoms. The van der Waals surface area contributed by atoms with Crippen LogP contribution in [0.15, 0.2) is 26.9 Å². The summed E-state index contributed by atoms with van der Waals surface area (Å²) in [5, 5.41) is -0.276. The quantitative estimate of drug-likeness (QED) is 0.536. The van der Waals surface area contributed by atoms with Crippen LogP contribution in [0.1, 0.15) is 29.8 Å². The zero-order valence-electron chi connectivity index (χ0n) is 15.7. The number of nitrogens with zero attached hydrogens (tertiary/aromatic N) is 3. The number of rotatable bonds is 6. The minimum atomic E-state index is -4.60. The highest BCUT2D eigenvalue weighted by atomic mass is 35.5. The third-order valence-electron chi connectivity index (χ3n) is 3.88. The lowest BCUT2D eigenvalue weighted by molar-refractivity contribution is -0.137. The topological polar surface area (TPSA) is 100.0 Å². The highest BCUT2D eigenvalue weighted by molar-refractivity contribution is 8.00. The Balaban J connectivity index is 2.34. The number of anilines is 1. The number of nitrogen functional groups attached to an aromatic ring is 1. The molecule has 0 atom stereocenters. The second kappa shape index (κ2) is 8.62. The predicted molar refractivity (Wildman–Crippen MR) is 104 cm³/mol. The summed E-state index contributed by atoms with van der Waals surface area (Å²) in [5.74, 6) is -1.26. The Hall–Kier alpha value is -2.27. The Bertz CT molecular complexity index is 1060. The average molecular weight is 451 g/mol. The molecule has 2 N–H and O–H groups in total. The molecular formula is C17H18ClF3N4O3S. The van der Waals surface area contributed by atoms with Crippen molar-refractivity contribution in [2.24, 2.45) is 13.0 Å². The molecule has 0 radical (unpaired) electrons. The third kappa shape index (κ3) is 5.02. The fraction of sp³-hybridized carbons (Fsp3) is 0.412. The number of Topliss-reactive ketones (excluding diaryl/α,β-unsaturated/α-hetero) is 1. The molecule has 12 heteroatoms. The summed E-state index contributed by atoms with van der Waals surface area (Å²) in [4.78, 5) is 40.9. The maximum Gasteiger partial charge on any atom is 0.417 e. The van der Waals surface area contributed by atoms with Crippen molar-refractivity contribution in [3.8, 4) is 0 Å². The number of nitrogens with two attached hydrogens (primary N) is 1. The van der Waals surface area contributed by atoms with E-state index in [1.807, 2.05) is 13.8 Å². The van der Waals surface area contributed by atoms with Crippen molar-refractivity contribution >= 4 is 35.0 Å². The van der Waals surface area contributed by atoms with Gasteiger partial charge in [-0.3, -0.25) is 18.7 Å². The van der Waals surface area contributed by atoms with E-state index < -0.39 is 28.8 Å². The van der Waals surface area contributed by atoms with Gasteiger partial charge < -0.3 is 5.73 Å². The SMILES string of the molecule is CC(C)Cn1c(N)c(C(=O)CSc2ncc(C(F)(F)F)cc2Cl)c(=O)n(C)c1=O. The summed E-state index contributed by atoms with van der Waals surface area (Å²) in [5.41, 5.74) is 3.06. The molecule has 0 aliphatic carbocycles. The van der Waals surface area contributed by atoms with Crippen LogP contribution in [0.5, 0.6) is 0 Å². The number of halogens is 4. The van der Waals surface area contributed by atoms with Gasteiger partial charge in [-0.25, -0.2) is 9.78 Å². The van der Waals surface area contributed by atoms with Gasteiger partial charge in [0, 0.05) is 19.8 Å². The first-order valence-corrected chi connectivity index (χ1v) is 9.69. The molecule has 0 amide bonds. The maximum atomic E-state index is 12.7. The number of carbonyl (C=O) groups is 1. The van der Waals surface area contributed by atoms with E-state index in [1.165, 1.54) is 7.05 Å². The van der Waals surface area contributed by atoms with Gasteiger partial charge in [0.2, 0.25) is 0 Å². The first kappa shape index (κ1) is 23.0. The number of carbonyl (C=O) groups excluding carboxylic acids is 1. The number of aromatic nitrogens is 3. The maximum absolute atomic E-state index is 12.7. The van der Waals surface area contributed by atoms with E-state index >= 15 is 0 Å². The second-order valence-electron chi connectivity index (χ2n) is 6.63. The van der Waals surface area contributed by atoms with Crippen LogP contribution in [0, 0.1) is 5.92 Å². The Kier molecular flexibility index (Phi) is 6.84. The van der Waals surface area contributed by atoms with Gasteiger partial charge in [0.25, 0.3) is 5.56 Å². The summed E-state index contributed by atoms with van der Waals surface area (Å²) < 4.78 is 40.0. The fourth-order valence-corrected chi connectivity index (χ4v) is 3.55. The summed E-state index contributed by atoms with van der Waals surface area (Å²) >= 11 is 6.59. The summed E-state index contributed by atoms with van der Waals surface area (Å²) in [7, 11) is 1.24. The molecule has 2 aromatic rings. The van der Waals surface area contributed by atoms with Gasteiger partial charge in [-0.05, 0) is 12.0 Å². The van der Waals surface area contributed by atoms with E-state index in [-0.39, 0.29) is 39.6 Å². The Morgan fingerprint density at radius 2 is 1.97 bits per heavy atom. The molecule has 0 spiro atoms. The lowest BCUT2D eigenvalue weighted by atomic mass is 10.2. The van der Waals surface area contributed by atoms with Crippen LogP contribution in [-0.4, -0.2) is 25.7 Å². The molecule has 2 rings (SSSR count). The van der Waals surface area contributed by atoms with Gasteiger partial charge in [0.05, 0.1) is 16.3 Å². The zero-order chi connectivity index (χ0) is 22.1. The summed E-state index contributed by atoms with van der Waals surface area (Å²) in [6.07, 6.45) is -3.99. The monoisotopic (exact) mass is 450 g/mol. The lowest BCUT2D eigenvalue weighted by Gasteiger charge is -2.16. The van der Waals surface area contributed by atoms with E-state index in [4.69, 9.17) is 17.3 Å². The average Bonchev–Trinajstić information content (AvgIpc) is 2.61. The Labute approximate surface area is 172 Å². The van der Waals surface area contributed by atoms with Crippen LogP contribution in [0.25, 0.3) is 0 Å². The molecule has 0 unspecified atom stereocenters. The molecule has 29 heavy (non-hydrogen) atoms. The van der Waals surface area contributed by atoms with Crippen molar-refractivity contribution in [3.63, 3.8) is 0 Å². The van der Waals surface area contributed by atoms with Gasteiger partial charge >= 0.3 is 11.9 Å². The summed E-state index contributed by atoms with van der Waals surface area (Å²) in [6.45, 7) is 3.89. The number of pyridine rings is 1. The van der Waals surface area contributed by atoms with Gasteiger partial charge in [-0.1, -0.05) is 37.2 Å². The number of alkyl halides is 3. The highest BCUT2D eigenvalue weighted by Crippen LogP contribution is 2.33. The second-order valence-corrected chi connectivity index (χ2v) is 8.00. The van der Waals surface area contributed by atoms with Gasteiger partial charge in [-0.15, -0.1) is 0 Å². The molecule has 2 heterocycles. The fourth-order valence-electron chi connectivity index (χ4n) is 2.48. The van der Waals surface area contributed by atoms with Gasteiger partial charge in [-0.2, -0.15) is 13.2 Å². The molecule has 0 saturated heterocycles. The van der Waals surface area contributed by atoms with Gasteiger partial charge in [0.15, 0.2) is 5.78 Å². The predicted octanol–water partition coefficient (Wildman–Crippen LogP) is 2.83. The molecule has 0 aliphatic rings. The van der Waals surface area contributed by atoms with Crippen LogP contribution in [-0.2, 0) is 19.8 Å². The first-order valence-electron chi connectivity index (χ1n) is 8.32. The number of ketones is 1. The molecule has 2 aromatic heterocycles. The molecular weight excluding hydrogens is 433 g/mol. The molecule has 0 aliphatic heterocycles. The van der Waals surface area contributed by atoms with Gasteiger partial charge in [0.1, 0.15) is 16.4 Å². The van der Waals surface area contributed by atoms with E-state index in [9.17, 15) is 27.6 Å². The van der Waals surface area contributed by atoms with Crippen LogP contribution < -0.4 is 17.0 Å². The minimum Gasteiger partial charge on any atom is -0.384 e. The third-order valence-corrected chi connectivity index (χ3v) is 5.29. The van der Waals surface area contributed by atoms with Crippen LogP contribution >= 0.6 is 23.4 Å². The number of hydrogen-bond donors (Lipinski definition) is 1. The van der Waals surface area contributed by atoms with E-state index in [1.54, 1.807) is 0 Å². The van der Waals surface area contributed by atoms with Crippen molar-refractivity contribution in [3.05, 3.63) is 49.3 Å². The Morgan fingerprint density at radius 3 is 2.48 bits per heavy atom. The zero-order valence-corrected chi connectivity index (χ0v) is 17.3. The van der Waals surface area contributed by atoms with Crippen molar-refractivity contribution in [1.82, 2.24) is 14.1 Å². The molecule has 0 fully saturated rings. The largest absolute Gasteiger partial charge is 0.417 e. The van der Waals surface area contributed by atoms with Crippen LogP contribution in [0.4, 0.5) is 19.0 Å². The normalized spacial score (nSPS) is 11.9. The van der Waals surface area contributed by atoms with Crippen LogP contribution in [0.3, 0.4) is 0 Å². The molecule has 7 nitrogen and oxygen atoms in total.